The Labute approximate surface area is 133 Å². The van der Waals surface area contributed by atoms with Gasteiger partial charge in [-0.1, -0.05) is 44.0 Å². The lowest BCUT2D eigenvalue weighted by Crippen LogP contribution is -2.25. The molecule has 4 nitrogen and oxygen atoms in total. The molecule has 0 aliphatic heterocycles. The Bertz CT molecular complexity index is 739. The second-order valence-electron chi connectivity index (χ2n) is 5.63. The topological polar surface area (TPSA) is 49.4 Å². The molecule has 0 aromatic heterocycles. The van der Waals surface area contributed by atoms with Gasteiger partial charge in [-0.3, -0.25) is 0 Å². The monoisotopic (exact) mass is 320 g/mol. The van der Waals surface area contributed by atoms with Gasteiger partial charge in [0.15, 0.2) is 0 Å². The van der Waals surface area contributed by atoms with Crippen LogP contribution in [0.1, 0.15) is 26.2 Å². The van der Waals surface area contributed by atoms with E-state index in [0.29, 0.717) is 11.4 Å². The Morgan fingerprint density at radius 2 is 1.68 bits per heavy atom. The van der Waals surface area contributed by atoms with Gasteiger partial charge in [0.2, 0.25) is 10.0 Å². The molecular weight excluding hydrogens is 296 g/mol. The first kappa shape index (κ1) is 16.8. The summed E-state index contributed by atoms with van der Waals surface area (Å²) in [5, 5.41) is 1.71. The number of hydrogen-bond acceptors (Lipinski definition) is 3. The molecule has 2 rings (SSSR count). The first-order valence-corrected chi connectivity index (χ1v) is 9.14. The number of unbranched alkanes of at least 4 members (excludes halogenated alkanes) is 2. The van der Waals surface area contributed by atoms with E-state index < -0.39 is 10.0 Å². The lowest BCUT2D eigenvalue weighted by molar-refractivity contribution is 0.577. The maximum absolute atomic E-state index is 12.6. The summed E-state index contributed by atoms with van der Waals surface area (Å²) in [5.41, 5.74) is 1.01. The van der Waals surface area contributed by atoms with Gasteiger partial charge in [0, 0.05) is 37.1 Å². The summed E-state index contributed by atoms with van der Waals surface area (Å²) >= 11 is 0. The minimum absolute atomic E-state index is 0.352. The molecule has 0 bridgehead atoms. The van der Waals surface area contributed by atoms with Gasteiger partial charge in [0.1, 0.15) is 0 Å². The molecule has 0 fully saturated rings. The number of hydrogen-bond donors (Lipinski definition) is 1. The fourth-order valence-electron chi connectivity index (χ4n) is 2.54. The van der Waals surface area contributed by atoms with Crippen LogP contribution in [-0.4, -0.2) is 29.1 Å². The van der Waals surface area contributed by atoms with Crippen molar-refractivity contribution in [2.45, 2.75) is 31.1 Å². The number of benzene rings is 2. The standard InChI is InChI=1S/C17H24N2O2S/c1-4-5-8-13-18-22(20,21)17-12-11-16(19(2)3)14-9-6-7-10-15(14)17/h6-7,9-12,18H,4-5,8,13H2,1-3H3. The lowest BCUT2D eigenvalue weighted by atomic mass is 10.1. The highest BCUT2D eigenvalue weighted by atomic mass is 32.2. The molecule has 0 radical (unpaired) electrons. The molecule has 1 N–H and O–H groups in total. The fraction of sp³-hybridized carbons (Fsp3) is 0.412. The van der Waals surface area contributed by atoms with Gasteiger partial charge >= 0.3 is 0 Å². The van der Waals surface area contributed by atoms with Gasteiger partial charge in [0.05, 0.1) is 4.90 Å². The third kappa shape index (κ3) is 3.59. The van der Waals surface area contributed by atoms with Crippen LogP contribution in [0.5, 0.6) is 0 Å². The highest BCUT2D eigenvalue weighted by molar-refractivity contribution is 7.89. The van der Waals surface area contributed by atoms with Crippen molar-refractivity contribution in [2.75, 3.05) is 25.5 Å². The van der Waals surface area contributed by atoms with Crippen LogP contribution in [0.25, 0.3) is 10.8 Å². The van der Waals surface area contributed by atoms with Crippen LogP contribution in [-0.2, 0) is 10.0 Å². The Kier molecular flexibility index (Phi) is 5.42. The molecule has 0 unspecified atom stereocenters. The molecule has 2 aromatic carbocycles. The minimum Gasteiger partial charge on any atom is -0.377 e. The zero-order chi connectivity index (χ0) is 16.2. The molecule has 0 spiro atoms. The van der Waals surface area contributed by atoms with Gasteiger partial charge in [-0.05, 0) is 18.6 Å². The molecule has 120 valence electrons. The van der Waals surface area contributed by atoms with Gasteiger partial charge in [-0.2, -0.15) is 0 Å². The van der Waals surface area contributed by atoms with Crippen molar-refractivity contribution < 1.29 is 8.42 Å². The molecule has 22 heavy (non-hydrogen) atoms. The Morgan fingerprint density at radius 1 is 1.00 bits per heavy atom. The normalized spacial score (nSPS) is 11.8. The quantitative estimate of drug-likeness (QED) is 0.796. The Balaban J connectivity index is 2.42. The third-order valence-electron chi connectivity index (χ3n) is 3.70. The highest BCUT2D eigenvalue weighted by Crippen LogP contribution is 2.30. The van der Waals surface area contributed by atoms with Crippen molar-refractivity contribution in [1.82, 2.24) is 4.72 Å². The summed E-state index contributed by atoms with van der Waals surface area (Å²) in [5.74, 6) is 0. The van der Waals surface area contributed by atoms with Crippen LogP contribution in [0.2, 0.25) is 0 Å². The average Bonchev–Trinajstić information content (AvgIpc) is 2.50. The molecule has 0 atom stereocenters. The zero-order valence-corrected chi connectivity index (χ0v) is 14.3. The van der Waals surface area contributed by atoms with Gasteiger partial charge in [-0.15, -0.1) is 0 Å². The van der Waals surface area contributed by atoms with Crippen LogP contribution in [0, 0.1) is 0 Å². The Hall–Kier alpha value is -1.59. The summed E-state index contributed by atoms with van der Waals surface area (Å²) < 4.78 is 27.8. The van der Waals surface area contributed by atoms with E-state index in [1.165, 1.54) is 0 Å². The van der Waals surface area contributed by atoms with Crippen molar-refractivity contribution in [2.24, 2.45) is 0 Å². The van der Waals surface area contributed by atoms with Gasteiger partial charge in [0.25, 0.3) is 0 Å². The van der Waals surface area contributed by atoms with Crippen molar-refractivity contribution in [3.8, 4) is 0 Å². The highest BCUT2D eigenvalue weighted by Gasteiger charge is 2.18. The molecule has 0 aliphatic carbocycles. The first-order valence-electron chi connectivity index (χ1n) is 7.66. The molecule has 2 aromatic rings. The summed E-state index contributed by atoms with van der Waals surface area (Å²) in [4.78, 5) is 2.35. The molecular formula is C17H24N2O2S. The fourth-order valence-corrected chi connectivity index (χ4v) is 3.82. The number of nitrogens with one attached hydrogen (secondary N) is 1. The van der Waals surface area contributed by atoms with E-state index in [4.69, 9.17) is 0 Å². The van der Waals surface area contributed by atoms with E-state index >= 15 is 0 Å². The molecule has 0 saturated carbocycles. The van der Waals surface area contributed by atoms with E-state index in [9.17, 15) is 8.42 Å². The minimum atomic E-state index is -3.48. The SMILES string of the molecule is CCCCCNS(=O)(=O)c1ccc(N(C)C)c2ccccc12. The second kappa shape index (κ2) is 7.11. The van der Waals surface area contributed by atoms with Gasteiger partial charge in [-0.25, -0.2) is 13.1 Å². The predicted octanol–water partition coefficient (Wildman–Crippen LogP) is 3.37. The number of nitrogens with zero attached hydrogens (tertiary/aromatic N) is 1. The van der Waals surface area contributed by atoms with Crippen LogP contribution in [0.15, 0.2) is 41.3 Å². The maximum Gasteiger partial charge on any atom is 0.241 e. The molecule has 0 heterocycles. The number of fused-ring (bicyclic) bond motifs is 1. The number of rotatable bonds is 7. The molecule has 0 saturated heterocycles. The van der Waals surface area contributed by atoms with Crippen LogP contribution in [0.3, 0.4) is 0 Å². The Morgan fingerprint density at radius 3 is 2.32 bits per heavy atom. The summed E-state index contributed by atoms with van der Waals surface area (Å²) in [6.07, 6.45) is 2.97. The zero-order valence-electron chi connectivity index (χ0n) is 13.5. The average molecular weight is 320 g/mol. The van der Waals surface area contributed by atoms with Crippen molar-refractivity contribution >= 4 is 26.5 Å². The lowest BCUT2D eigenvalue weighted by Gasteiger charge is -2.17. The van der Waals surface area contributed by atoms with E-state index in [1.807, 2.05) is 49.3 Å². The van der Waals surface area contributed by atoms with E-state index in [2.05, 4.69) is 11.6 Å². The van der Waals surface area contributed by atoms with E-state index in [-0.39, 0.29) is 0 Å². The smallest absolute Gasteiger partial charge is 0.241 e. The third-order valence-corrected chi connectivity index (χ3v) is 5.22. The van der Waals surface area contributed by atoms with E-state index in [1.54, 1.807) is 6.07 Å². The van der Waals surface area contributed by atoms with Crippen molar-refractivity contribution in [3.05, 3.63) is 36.4 Å². The first-order chi connectivity index (χ1) is 10.5. The molecule has 0 amide bonds. The van der Waals surface area contributed by atoms with Gasteiger partial charge < -0.3 is 4.90 Å². The largest absolute Gasteiger partial charge is 0.377 e. The summed E-state index contributed by atoms with van der Waals surface area (Å²) in [6, 6.07) is 11.2. The molecule has 5 heteroatoms. The van der Waals surface area contributed by atoms with Crippen molar-refractivity contribution in [1.29, 1.82) is 0 Å². The summed E-state index contributed by atoms with van der Waals surface area (Å²) in [6.45, 7) is 2.59. The number of sulfonamides is 1. The van der Waals surface area contributed by atoms with Crippen LogP contribution >= 0.6 is 0 Å². The van der Waals surface area contributed by atoms with Crippen LogP contribution in [0.4, 0.5) is 5.69 Å². The molecule has 0 aliphatic rings. The number of anilines is 1. The van der Waals surface area contributed by atoms with E-state index in [0.717, 1.165) is 35.7 Å². The maximum atomic E-state index is 12.6. The predicted molar refractivity (Wildman–Crippen MR) is 93.0 cm³/mol. The van der Waals surface area contributed by atoms with Crippen molar-refractivity contribution in [3.63, 3.8) is 0 Å². The second-order valence-corrected chi connectivity index (χ2v) is 7.36. The summed E-state index contributed by atoms with van der Waals surface area (Å²) in [7, 11) is 0.436. The van der Waals surface area contributed by atoms with Crippen LogP contribution < -0.4 is 9.62 Å².